The fourth-order valence-corrected chi connectivity index (χ4v) is 2.24. The van der Waals surface area contributed by atoms with Gasteiger partial charge in [0.2, 0.25) is 0 Å². The van der Waals surface area contributed by atoms with Gasteiger partial charge in [-0.2, -0.15) is 4.40 Å². The van der Waals surface area contributed by atoms with Crippen LogP contribution in [0.3, 0.4) is 0 Å². The zero-order chi connectivity index (χ0) is 13.2. The van der Waals surface area contributed by atoms with Crippen LogP contribution in [0.15, 0.2) is 48.8 Å². The molecule has 0 saturated heterocycles. The van der Waals surface area contributed by atoms with Crippen LogP contribution in [0.1, 0.15) is 13.3 Å². The second-order valence-electron chi connectivity index (χ2n) is 4.57. The quantitative estimate of drug-likeness (QED) is 0.575. The summed E-state index contributed by atoms with van der Waals surface area (Å²) in [6.45, 7) is 2.78. The van der Waals surface area contributed by atoms with E-state index in [1.807, 2.05) is 47.1 Å². The molecule has 0 saturated carbocycles. The number of aromatic nitrogens is 1. The van der Waals surface area contributed by atoms with Gasteiger partial charge in [0, 0.05) is 22.9 Å². The lowest BCUT2D eigenvalue weighted by Crippen LogP contribution is -2.20. The molecule has 96 valence electrons. The summed E-state index contributed by atoms with van der Waals surface area (Å²) in [5.41, 5.74) is 0.780. The molecule has 1 N–H and O–H groups in total. The highest BCUT2D eigenvalue weighted by Gasteiger charge is 2.12. The van der Waals surface area contributed by atoms with E-state index in [4.69, 9.17) is 4.74 Å². The number of benzene rings is 1. The van der Waals surface area contributed by atoms with Gasteiger partial charge < -0.3 is 9.84 Å². The van der Waals surface area contributed by atoms with Crippen molar-refractivity contribution >= 4 is 16.3 Å². The summed E-state index contributed by atoms with van der Waals surface area (Å²) < 4.78 is 7.68. The van der Waals surface area contributed by atoms with Crippen molar-refractivity contribution in [3.8, 4) is 11.5 Å². The standard InChI is InChI=1S/C16H15NO2/c1-2-9-19-16-7-3-5-12-11-17-8-4-6-15(18)14(17)10-13(12)16/h3-8,10-11H,2,9H2,1H3/p+1. The molecule has 0 radical (unpaired) electrons. The first-order chi connectivity index (χ1) is 9.29. The molecule has 0 aliphatic rings. The molecular weight excluding hydrogens is 238 g/mol. The van der Waals surface area contributed by atoms with Crippen molar-refractivity contribution in [1.29, 1.82) is 0 Å². The summed E-state index contributed by atoms with van der Waals surface area (Å²) >= 11 is 0. The van der Waals surface area contributed by atoms with Crippen LogP contribution < -0.4 is 9.14 Å². The molecule has 3 rings (SSSR count). The van der Waals surface area contributed by atoms with Crippen LogP contribution in [0.25, 0.3) is 16.3 Å². The SMILES string of the molecule is CCCOc1cccc2c[n+]3cccc(O)c3cc12. The Morgan fingerprint density at radius 3 is 2.95 bits per heavy atom. The van der Waals surface area contributed by atoms with Crippen molar-refractivity contribution in [2.24, 2.45) is 0 Å². The van der Waals surface area contributed by atoms with Gasteiger partial charge in [0.25, 0.3) is 5.52 Å². The topological polar surface area (TPSA) is 33.6 Å². The Labute approximate surface area is 111 Å². The molecule has 0 unspecified atom stereocenters. The maximum Gasteiger partial charge on any atom is 0.253 e. The third-order valence-electron chi connectivity index (χ3n) is 3.16. The molecule has 3 aromatic rings. The second-order valence-corrected chi connectivity index (χ2v) is 4.57. The number of hydrogen-bond donors (Lipinski definition) is 1. The largest absolute Gasteiger partial charge is 0.502 e. The molecule has 0 bridgehead atoms. The van der Waals surface area contributed by atoms with E-state index in [2.05, 4.69) is 6.92 Å². The number of pyridine rings is 2. The predicted molar refractivity (Wildman–Crippen MR) is 74.6 cm³/mol. The molecule has 2 aromatic heterocycles. The van der Waals surface area contributed by atoms with E-state index in [1.54, 1.807) is 6.07 Å². The maximum atomic E-state index is 9.94. The smallest absolute Gasteiger partial charge is 0.253 e. The molecule has 0 atom stereocenters. The molecule has 0 fully saturated rings. The van der Waals surface area contributed by atoms with Crippen LogP contribution in [0.4, 0.5) is 0 Å². The van der Waals surface area contributed by atoms with Gasteiger partial charge in [-0.25, -0.2) is 0 Å². The summed E-state index contributed by atoms with van der Waals surface area (Å²) in [4.78, 5) is 0. The zero-order valence-electron chi connectivity index (χ0n) is 10.8. The molecule has 0 spiro atoms. The minimum absolute atomic E-state index is 0.273. The van der Waals surface area contributed by atoms with E-state index in [9.17, 15) is 5.11 Å². The molecular formula is C16H16NO2+. The fourth-order valence-electron chi connectivity index (χ4n) is 2.24. The highest BCUT2D eigenvalue weighted by molar-refractivity contribution is 5.90. The van der Waals surface area contributed by atoms with Crippen LogP contribution >= 0.6 is 0 Å². The predicted octanol–water partition coefficient (Wildman–Crippen LogP) is 3.07. The number of nitrogens with zero attached hydrogens (tertiary/aromatic N) is 1. The molecule has 3 heteroatoms. The Bertz CT molecular complexity index is 737. The lowest BCUT2D eigenvalue weighted by Gasteiger charge is -2.07. The van der Waals surface area contributed by atoms with Gasteiger partial charge >= 0.3 is 0 Å². The average molecular weight is 254 g/mol. The van der Waals surface area contributed by atoms with E-state index in [0.717, 1.165) is 28.5 Å². The lowest BCUT2D eigenvalue weighted by molar-refractivity contribution is -0.510. The Balaban J connectivity index is 2.27. The molecule has 0 aliphatic carbocycles. The number of ether oxygens (including phenoxy) is 1. The normalized spacial score (nSPS) is 11.0. The Kier molecular flexibility index (Phi) is 2.95. The van der Waals surface area contributed by atoms with E-state index in [1.165, 1.54) is 0 Å². The van der Waals surface area contributed by atoms with E-state index >= 15 is 0 Å². The van der Waals surface area contributed by atoms with Gasteiger partial charge in [-0.05, 0) is 24.6 Å². The maximum absolute atomic E-state index is 9.94. The molecule has 0 amide bonds. The van der Waals surface area contributed by atoms with Crippen molar-refractivity contribution in [3.63, 3.8) is 0 Å². The monoisotopic (exact) mass is 254 g/mol. The van der Waals surface area contributed by atoms with Crippen LogP contribution in [0.2, 0.25) is 0 Å². The van der Waals surface area contributed by atoms with Gasteiger partial charge in [-0.1, -0.05) is 13.0 Å². The van der Waals surface area contributed by atoms with Crippen LogP contribution in [-0.4, -0.2) is 11.7 Å². The summed E-state index contributed by atoms with van der Waals surface area (Å²) in [7, 11) is 0. The Hall–Kier alpha value is -2.29. The number of hydrogen-bond acceptors (Lipinski definition) is 2. The van der Waals surface area contributed by atoms with E-state index in [-0.39, 0.29) is 5.75 Å². The fraction of sp³-hybridized carbons (Fsp3) is 0.188. The summed E-state index contributed by atoms with van der Waals surface area (Å²) in [6.07, 6.45) is 4.90. The van der Waals surface area contributed by atoms with Crippen LogP contribution in [0, 0.1) is 0 Å². The molecule has 3 nitrogen and oxygen atoms in total. The van der Waals surface area contributed by atoms with Gasteiger partial charge in [0.05, 0.1) is 6.61 Å². The van der Waals surface area contributed by atoms with Gasteiger partial charge in [0.1, 0.15) is 5.75 Å². The van der Waals surface area contributed by atoms with E-state index < -0.39 is 0 Å². The molecule has 2 heterocycles. The zero-order valence-corrected chi connectivity index (χ0v) is 10.8. The second kappa shape index (κ2) is 4.76. The number of rotatable bonds is 3. The van der Waals surface area contributed by atoms with Gasteiger partial charge in [-0.3, -0.25) is 0 Å². The minimum atomic E-state index is 0.273. The van der Waals surface area contributed by atoms with Crippen molar-refractivity contribution in [2.75, 3.05) is 6.61 Å². The summed E-state index contributed by atoms with van der Waals surface area (Å²) in [5, 5.41) is 12.1. The van der Waals surface area contributed by atoms with Crippen LogP contribution in [0.5, 0.6) is 11.5 Å². The first-order valence-corrected chi connectivity index (χ1v) is 6.48. The van der Waals surface area contributed by atoms with Crippen LogP contribution in [-0.2, 0) is 0 Å². The molecule has 19 heavy (non-hydrogen) atoms. The van der Waals surface area contributed by atoms with Crippen molar-refractivity contribution in [3.05, 3.63) is 48.8 Å². The highest BCUT2D eigenvalue weighted by Crippen LogP contribution is 2.27. The minimum Gasteiger partial charge on any atom is -0.502 e. The highest BCUT2D eigenvalue weighted by atomic mass is 16.5. The van der Waals surface area contributed by atoms with E-state index in [0.29, 0.717) is 6.61 Å². The third-order valence-corrected chi connectivity index (χ3v) is 3.16. The lowest BCUT2D eigenvalue weighted by atomic mass is 10.1. The summed E-state index contributed by atoms with van der Waals surface area (Å²) in [6, 6.07) is 11.5. The molecule has 0 aliphatic heterocycles. The third kappa shape index (κ3) is 2.08. The van der Waals surface area contributed by atoms with Crippen molar-refractivity contribution in [1.82, 2.24) is 0 Å². The number of fused-ring (bicyclic) bond motifs is 2. The number of aromatic hydroxyl groups is 1. The van der Waals surface area contributed by atoms with Crippen molar-refractivity contribution < 1.29 is 14.2 Å². The Morgan fingerprint density at radius 2 is 2.11 bits per heavy atom. The Morgan fingerprint density at radius 1 is 1.21 bits per heavy atom. The average Bonchev–Trinajstić information content (AvgIpc) is 2.43. The van der Waals surface area contributed by atoms with Gasteiger partial charge in [0.15, 0.2) is 18.1 Å². The molecule has 1 aromatic carbocycles. The first-order valence-electron chi connectivity index (χ1n) is 6.48. The van der Waals surface area contributed by atoms with Crippen molar-refractivity contribution in [2.45, 2.75) is 13.3 Å². The summed E-state index contributed by atoms with van der Waals surface area (Å²) in [5.74, 6) is 1.14. The first kappa shape index (κ1) is 11.8. The van der Waals surface area contributed by atoms with Gasteiger partial charge in [-0.15, -0.1) is 0 Å².